The van der Waals surface area contributed by atoms with Crippen LogP contribution in [0.4, 0.5) is 0 Å². The van der Waals surface area contributed by atoms with E-state index in [2.05, 4.69) is 20.3 Å². The van der Waals surface area contributed by atoms with Crippen molar-refractivity contribution in [3.63, 3.8) is 0 Å². The molecule has 0 aliphatic carbocycles. The Morgan fingerprint density at radius 2 is 1.88 bits per heavy atom. The summed E-state index contributed by atoms with van der Waals surface area (Å²) in [7, 11) is 1.58. The van der Waals surface area contributed by atoms with Gasteiger partial charge in [0.25, 0.3) is 5.89 Å². The van der Waals surface area contributed by atoms with E-state index in [1.807, 2.05) is 6.92 Å². The molecule has 2 aromatic rings. The number of hydrogen-bond donors (Lipinski definition) is 0. The van der Waals surface area contributed by atoms with Crippen LogP contribution in [0.3, 0.4) is 0 Å². The number of aryl methyl sites for hydroxylation is 1. The molecule has 0 aliphatic rings. The molecule has 16 heavy (non-hydrogen) atoms. The van der Waals surface area contributed by atoms with Crippen LogP contribution in [0.1, 0.15) is 36.5 Å². The number of hydrogen-bond acceptors (Lipinski definition) is 7. The lowest BCUT2D eigenvalue weighted by atomic mass is 10.4. The molecule has 0 unspecified atom stereocenters. The van der Waals surface area contributed by atoms with E-state index in [4.69, 9.17) is 13.8 Å². The van der Waals surface area contributed by atoms with E-state index < -0.39 is 0 Å². The zero-order valence-electron chi connectivity index (χ0n) is 9.30. The largest absolute Gasteiger partial charge is 0.372 e. The van der Waals surface area contributed by atoms with E-state index in [0.29, 0.717) is 29.9 Å². The van der Waals surface area contributed by atoms with Crippen molar-refractivity contribution in [2.24, 2.45) is 0 Å². The number of ether oxygens (including phenoxy) is 1. The monoisotopic (exact) mass is 224 g/mol. The molecule has 0 bridgehead atoms. The van der Waals surface area contributed by atoms with Gasteiger partial charge in [0.1, 0.15) is 6.10 Å². The molecule has 7 nitrogen and oxygen atoms in total. The summed E-state index contributed by atoms with van der Waals surface area (Å²) in [6.07, 6.45) is 0.172. The van der Waals surface area contributed by atoms with Gasteiger partial charge in [0, 0.05) is 14.0 Å². The summed E-state index contributed by atoms with van der Waals surface area (Å²) >= 11 is 0. The Morgan fingerprint density at radius 3 is 2.50 bits per heavy atom. The van der Waals surface area contributed by atoms with Crippen molar-refractivity contribution in [2.75, 3.05) is 7.11 Å². The molecule has 0 aromatic carbocycles. The molecule has 0 fully saturated rings. The van der Waals surface area contributed by atoms with Gasteiger partial charge in [-0.1, -0.05) is 10.3 Å². The third-order valence-electron chi connectivity index (χ3n) is 2.07. The van der Waals surface area contributed by atoms with Gasteiger partial charge in [-0.05, 0) is 6.92 Å². The molecular formula is C9H12N4O3. The molecular weight excluding hydrogens is 212 g/mol. The summed E-state index contributed by atoms with van der Waals surface area (Å²) in [5, 5.41) is 7.55. The lowest BCUT2D eigenvalue weighted by Crippen LogP contribution is -1.97. The maximum Gasteiger partial charge on any atom is 0.255 e. The van der Waals surface area contributed by atoms with E-state index in [1.54, 1.807) is 14.0 Å². The SMILES string of the molecule is CO[C@@H](C)c1nc(Cc2noc(C)n2)no1. The van der Waals surface area contributed by atoms with Gasteiger partial charge in [0.05, 0.1) is 6.42 Å². The van der Waals surface area contributed by atoms with Gasteiger partial charge in [-0.3, -0.25) is 0 Å². The first-order valence-electron chi connectivity index (χ1n) is 4.83. The Hall–Kier alpha value is -1.76. The fourth-order valence-corrected chi connectivity index (χ4v) is 1.16. The van der Waals surface area contributed by atoms with Gasteiger partial charge >= 0.3 is 0 Å². The predicted molar refractivity (Wildman–Crippen MR) is 51.6 cm³/mol. The molecule has 0 aliphatic heterocycles. The van der Waals surface area contributed by atoms with Crippen LogP contribution in [0.2, 0.25) is 0 Å². The van der Waals surface area contributed by atoms with Gasteiger partial charge in [-0.15, -0.1) is 0 Å². The van der Waals surface area contributed by atoms with Crippen LogP contribution in [0.25, 0.3) is 0 Å². The highest BCUT2D eigenvalue weighted by molar-refractivity contribution is 4.98. The molecule has 0 radical (unpaired) electrons. The van der Waals surface area contributed by atoms with Crippen LogP contribution < -0.4 is 0 Å². The first-order chi connectivity index (χ1) is 7.69. The number of aromatic nitrogens is 4. The molecule has 2 rings (SSSR count). The molecule has 86 valence electrons. The quantitative estimate of drug-likeness (QED) is 0.767. The summed E-state index contributed by atoms with van der Waals surface area (Å²) < 4.78 is 14.9. The van der Waals surface area contributed by atoms with Crippen LogP contribution in [0.5, 0.6) is 0 Å². The maximum atomic E-state index is 5.06. The van der Waals surface area contributed by atoms with Crippen molar-refractivity contribution in [3.8, 4) is 0 Å². The van der Waals surface area contributed by atoms with E-state index in [0.717, 1.165) is 0 Å². The van der Waals surface area contributed by atoms with Crippen molar-refractivity contribution in [1.29, 1.82) is 0 Å². The summed E-state index contributed by atoms with van der Waals surface area (Å²) in [5.74, 6) is 2.01. The highest BCUT2D eigenvalue weighted by Gasteiger charge is 2.15. The summed E-state index contributed by atoms with van der Waals surface area (Å²) in [4.78, 5) is 8.21. The molecule has 0 amide bonds. The van der Waals surface area contributed by atoms with Crippen molar-refractivity contribution in [3.05, 3.63) is 23.4 Å². The fourth-order valence-electron chi connectivity index (χ4n) is 1.16. The van der Waals surface area contributed by atoms with Crippen molar-refractivity contribution >= 4 is 0 Å². The second kappa shape index (κ2) is 4.40. The third-order valence-corrected chi connectivity index (χ3v) is 2.07. The van der Waals surface area contributed by atoms with Crippen molar-refractivity contribution in [2.45, 2.75) is 26.4 Å². The second-order valence-electron chi connectivity index (χ2n) is 3.33. The Morgan fingerprint density at radius 1 is 1.19 bits per heavy atom. The minimum absolute atomic E-state index is 0.215. The molecule has 0 saturated heterocycles. The van der Waals surface area contributed by atoms with Crippen molar-refractivity contribution < 1.29 is 13.8 Å². The highest BCUT2D eigenvalue weighted by Crippen LogP contribution is 2.13. The minimum atomic E-state index is -0.215. The first kappa shape index (κ1) is 10.7. The predicted octanol–water partition coefficient (Wildman–Crippen LogP) is 1.06. The topological polar surface area (TPSA) is 87.1 Å². The summed E-state index contributed by atoms with van der Waals surface area (Å²) in [6, 6.07) is 0. The number of nitrogens with zero attached hydrogens (tertiary/aromatic N) is 4. The molecule has 0 saturated carbocycles. The summed E-state index contributed by atoms with van der Waals surface area (Å²) in [5.41, 5.74) is 0. The molecule has 2 aromatic heterocycles. The van der Waals surface area contributed by atoms with Crippen LogP contribution in [0.15, 0.2) is 9.05 Å². The Balaban J connectivity index is 2.08. The van der Waals surface area contributed by atoms with Gasteiger partial charge in [0.15, 0.2) is 11.6 Å². The average Bonchev–Trinajstić information content (AvgIpc) is 2.87. The minimum Gasteiger partial charge on any atom is -0.372 e. The fraction of sp³-hybridized carbons (Fsp3) is 0.556. The number of rotatable bonds is 4. The van der Waals surface area contributed by atoms with Crippen LogP contribution in [-0.2, 0) is 11.2 Å². The van der Waals surface area contributed by atoms with E-state index in [9.17, 15) is 0 Å². The zero-order valence-corrected chi connectivity index (χ0v) is 9.30. The Bertz CT molecular complexity index is 465. The van der Waals surface area contributed by atoms with Crippen LogP contribution in [0, 0.1) is 6.92 Å². The second-order valence-corrected chi connectivity index (χ2v) is 3.33. The Labute approximate surface area is 91.8 Å². The maximum absolute atomic E-state index is 5.06. The highest BCUT2D eigenvalue weighted by atomic mass is 16.5. The normalized spacial score (nSPS) is 12.9. The van der Waals surface area contributed by atoms with Gasteiger partial charge < -0.3 is 13.8 Å². The molecule has 1 atom stereocenters. The van der Waals surface area contributed by atoms with Crippen LogP contribution >= 0.6 is 0 Å². The number of methoxy groups -OCH3 is 1. The third kappa shape index (κ3) is 2.25. The molecule has 0 N–H and O–H groups in total. The first-order valence-corrected chi connectivity index (χ1v) is 4.83. The van der Waals surface area contributed by atoms with Gasteiger partial charge in [-0.25, -0.2) is 0 Å². The molecule has 7 heteroatoms. The summed E-state index contributed by atoms with van der Waals surface area (Å²) in [6.45, 7) is 3.56. The smallest absolute Gasteiger partial charge is 0.255 e. The van der Waals surface area contributed by atoms with E-state index in [-0.39, 0.29) is 6.10 Å². The van der Waals surface area contributed by atoms with Gasteiger partial charge in [-0.2, -0.15) is 9.97 Å². The Kier molecular flexibility index (Phi) is 2.95. The lowest BCUT2D eigenvalue weighted by molar-refractivity contribution is 0.0886. The van der Waals surface area contributed by atoms with Crippen molar-refractivity contribution in [1.82, 2.24) is 20.3 Å². The molecule has 2 heterocycles. The lowest BCUT2D eigenvalue weighted by Gasteiger charge is -2.00. The molecule has 0 spiro atoms. The van der Waals surface area contributed by atoms with Gasteiger partial charge in [0.2, 0.25) is 5.89 Å². The van der Waals surface area contributed by atoms with E-state index in [1.165, 1.54) is 0 Å². The van der Waals surface area contributed by atoms with Crippen LogP contribution in [-0.4, -0.2) is 27.4 Å². The zero-order chi connectivity index (χ0) is 11.5. The standard InChI is InChI=1S/C9H12N4O3/c1-5(14-3)9-11-8(13-16-9)4-7-10-6(2)15-12-7/h5H,4H2,1-3H3/t5-/m0/s1. The average molecular weight is 224 g/mol. The van der Waals surface area contributed by atoms with E-state index >= 15 is 0 Å².